The van der Waals surface area contributed by atoms with Crippen molar-refractivity contribution in [2.45, 2.75) is 30.6 Å². The van der Waals surface area contributed by atoms with Crippen molar-refractivity contribution in [1.29, 1.82) is 0 Å². The van der Waals surface area contributed by atoms with E-state index < -0.39 is 0 Å². The van der Waals surface area contributed by atoms with Gasteiger partial charge in [0.2, 0.25) is 5.91 Å². The van der Waals surface area contributed by atoms with Crippen molar-refractivity contribution in [3.63, 3.8) is 0 Å². The lowest BCUT2D eigenvalue weighted by molar-refractivity contribution is -0.122. The van der Waals surface area contributed by atoms with E-state index in [1.165, 1.54) is 23.9 Å². The van der Waals surface area contributed by atoms with E-state index >= 15 is 0 Å². The molecule has 0 aliphatic rings. The Kier molecular flexibility index (Phi) is 6.62. The Labute approximate surface area is 161 Å². The second-order valence-corrected chi connectivity index (χ2v) is 6.90. The molecular formula is C20H20FN3O2S. The Morgan fingerprint density at radius 2 is 1.93 bits per heavy atom. The highest BCUT2D eigenvalue weighted by atomic mass is 32.2. The molecule has 2 N–H and O–H groups in total. The van der Waals surface area contributed by atoms with Crippen LogP contribution in [0.2, 0.25) is 0 Å². The van der Waals surface area contributed by atoms with Crippen molar-refractivity contribution < 1.29 is 14.3 Å². The van der Waals surface area contributed by atoms with Gasteiger partial charge in [0.15, 0.2) is 5.16 Å². The maximum atomic E-state index is 13.3. The molecule has 0 radical (unpaired) electrons. The summed E-state index contributed by atoms with van der Waals surface area (Å²) in [4.78, 5) is 16.6. The van der Waals surface area contributed by atoms with Crippen LogP contribution in [0.25, 0.3) is 0 Å². The summed E-state index contributed by atoms with van der Waals surface area (Å²) in [6, 6.07) is 16.0. The van der Waals surface area contributed by atoms with Crippen LogP contribution in [0.3, 0.4) is 0 Å². The van der Waals surface area contributed by atoms with Crippen molar-refractivity contribution >= 4 is 17.7 Å². The molecule has 0 aliphatic heterocycles. The summed E-state index contributed by atoms with van der Waals surface area (Å²) in [5, 5.41) is 13.0. The maximum Gasteiger partial charge on any atom is 0.240 e. The molecule has 0 saturated heterocycles. The molecule has 0 spiro atoms. The second-order valence-electron chi connectivity index (χ2n) is 5.96. The van der Waals surface area contributed by atoms with Crippen molar-refractivity contribution in [3.05, 3.63) is 83.4 Å². The highest BCUT2D eigenvalue weighted by Crippen LogP contribution is 2.23. The van der Waals surface area contributed by atoms with Gasteiger partial charge >= 0.3 is 0 Å². The summed E-state index contributed by atoms with van der Waals surface area (Å²) >= 11 is 1.40. The van der Waals surface area contributed by atoms with Gasteiger partial charge < -0.3 is 15.0 Å². The first-order chi connectivity index (χ1) is 13.2. The molecule has 0 atom stereocenters. The number of aliphatic hydroxyl groups is 1. The maximum absolute atomic E-state index is 13.3. The molecule has 3 rings (SSSR count). The standard InChI is InChI=1S/C20H20FN3O2S/c21-17-8-4-7-16(9-17)14-27-20-23-11-18(13-25)24(20)12-19(26)22-10-15-5-2-1-3-6-15/h1-9,11,25H,10,12-14H2,(H,22,26). The lowest BCUT2D eigenvalue weighted by atomic mass is 10.2. The zero-order valence-electron chi connectivity index (χ0n) is 14.6. The number of thioether (sulfide) groups is 1. The van der Waals surface area contributed by atoms with Gasteiger partial charge in [0.1, 0.15) is 12.4 Å². The average Bonchev–Trinajstić information content (AvgIpc) is 3.07. The van der Waals surface area contributed by atoms with Gasteiger partial charge in [-0.3, -0.25) is 4.79 Å². The average molecular weight is 385 g/mol. The van der Waals surface area contributed by atoms with Crippen LogP contribution >= 0.6 is 11.8 Å². The van der Waals surface area contributed by atoms with Crippen LogP contribution in [0.1, 0.15) is 16.8 Å². The fraction of sp³-hybridized carbons (Fsp3) is 0.200. The van der Waals surface area contributed by atoms with Gasteiger partial charge in [-0.15, -0.1) is 0 Å². The number of carbonyl (C=O) groups is 1. The first-order valence-corrected chi connectivity index (χ1v) is 9.47. The second kappa shape index (κ2) is 9.34. The van der Waals surface area contributed by atoms with Crippen molar-refractivity contribution in [2.24, 2.45) is 0 Å². The van der Waals surface area contributed by atoms with Gasteiger partial charge in [-0.1, -0.05) is 54.2 Å². The van der Waals surface area contributed by atoms with E-state index in [9.17, 15) is 14.3 Å². The van der Waals surface area contributed by atoms with Gasteiger partial charge in [0, 0.05) is 12.3 Å². The molecule has 1 amide bonds. The predicted octanol–water partition coefficient (Wildman–Crippen LogP) is 3.12. The number of benzene rings is 2. The molecule has 0 unspecified atom stereocenters. The number of nitrogens with zero attached hydrogens (tertiary/aromatic N) is 2. The number of imidazole rings is 1. The zero-order chi connectivity index (χ0) is 19.1. The first kappa shape index (κ1) is 19.1. The van der Waals surface area contributed by atoms with E-state index in [1.54, 1.807) is 16.8 Å². The number of amides is 1. The SMILES string of the molecule is O=C(Cn1c(CO)cnc1SCc1cccc(F)c1)NCc1ccccc1. The number of halogens is 1. The van der Waals surface area contributed by atoms with Gasteiger partial charge in [-0.25, -0.2) is 9.37 Å². The molecule has 27 heavy (non-hydrogen) atoms. The number of aromatic nitrogens is 2. The van der Waals surface area contributed by atoms with Gasteiger partial charge in [0.05, 0.1) is 18.5 Å². The number of rotatable bonds is 8. The van der Waals surface area contributed by atoms with Gasteiger partial charge in [-0.05, 0) is 23.3 Å². The molecule has 0 saturated carbocycles. The third-order valence-corrected chi connectivity index (χ3v) is 5.02. The van der Waals surface area contributed by atoms with E-state index in [0.717, 1.165) is 11.1 Å². The van der Waals surface area contributed by atoms with Crippen LogP contribution in [-0.2, 0) is 30.2 Å². The van der Waals surface area contributed by atoms with E-state index in [2.05, 4.69) is 10.3 Å². The van der Waals surface area contributed by atoms with Crippen LogP contribution in [0.5, 0.6) is 0 Å². The van der Waals surface area contributed by atoms with Gasteiger partial charge in [0.25, 0.3) is 0 Å². The summed E-state index contributed by atoms with van der Waals surface area (Å²) in [5.41, 5.74) is 2.40. The highest BCUT2D eigenvalue weighted by molar-refractivity contribution is 7.98. The summed E-state index contributed by atoms with van der Waals surface area (Å²) < 4.78 is 15.0. The summed E-state index contributed by atoms with van der Waals surface area (Å²) in [6.07, 6.45) is 1.55. The van der Waals surface area contributed by atoms with Gasteiger partial charge in [-0.2, -0.15) is 0 Å². The van der Waals surface area contributed by atoms with Crippen molar-refractivity contribution in [1.82, 2.24) is 14.9 Å². The van der Waals surface area contributed by atoms with Crippen LogP contribution < -0.4 is 5.32 Å². The van der Waals surface area contributed by atoms with Crippen LogP contribution in [0.4, 0.5) is 4.39 Å². The Bertz CT molecular complexity index is 899. The molecule has 140 valence electrons. The third-order valence-electron chi connectivity index (χ3n) is 3.95. The smallest absolute Gasteiger partial charge is 0.240 e. The molecule has 1 aromatic heterocycles. The first-order valence-electron chi connectivity index (χ1n) is 8.49. The summed E-state index contributed by atoms with van der Waals surface area (Å²) in [7, 11) is 0. The van der Waals surface area contributed by atoms with Crippen LogP contribution in [0.15, 0.2) is 66.0 Å². The Balaban J connectivity index is 1.63. The van der Waals surface area contributed by atoms with E-state index in [-0.39, 0.29) is 24.9 Å². The van der Waals surface area contributed by atoms with Crippen LogP contribution in [-0.4, -0.2) is 20.6 Å². The Morgan fingerprint density at radius 1 is 1.15 bits per heavy atom. The number of aliphatic hydroxyl groups excluding tert-OH is 1. The molecule has 3 aromatic rings. The van der Waals surface area contributed by atoms with Crippen LogP contribution in [0, 0.1) is 5.82 Å². The fourth-order valence-corrected chi connectivity index (χ4v) is 3.51. The molecule has 0 fully saturated rings. The molecule has 0 aliphatic carbocycles. The van der Waals surface area contributed by atoms with E-state index in [1.807, 2.05) is 36.4 Å². The number of hydrogen-bond acceptors (Lipinski definition) is 4. The Morgan fingerprint density at radius 3 is 2.67 bits per heavy atom. The number of nitrogens with one attached hydrogen (secondary N) is 1. The lowest BCUT2D eigenvalue weighted by Crippen LogP contribution is -2.28. The topological polar surface area (TPSA) is 67.2 Å². The quantitative estimate of drug-likeness (QED) is 0.585. The summed E-state index contributed by atoms with van der Waals surface area (Å²) in [5.74, 6) is 0.0672. The van der Waals surface area contributed by atoms with E-state index in [0.29, 0.717) is 23.1 Å². The zero-order valence-corrected chi connectivity index (χ0v) is 15.5. The molecule has 1 heterocycles. The molecule has 0 bridgehead atoms. The largest absolute Gasteiger partial charge is 0.390 e. The fourth-order valence-electron chi connectivity index (χ4n) is 2.57. The molecule has 2 aromatic carbocycles. The third kappa shape index (κ3) is 5.42. The monoisotopic (exact) mass is 385 g/mol. The number of hydrogen-bond donors (Lipinski definition) is 2. The van der Waals surface area contributed by atoms with Crippen molar-refractivity contribution in [3.8, 4) is 0 Å². The minimum atomic E-state index is -0.284. The Hall–Kier alpha value is -2.64. The minimum Gasteiger partial charge on any atom is -0.390 e. The molecule has 7 heteroatoms. The lowest BCUT2D eigenvalue weighted by Gasteiger charge is -2.11. The van der Waals surface area contributed by atoms with E-state index in [4.69, 9.17) is 0 Å². The summed E-state index contributed by atoms with van der Waals surface area (Å²) in [6.45, 7) is 0.294. The molecular weight excluding hydrogens is 365 g/mol. The number of carbonyl (C=O) groups excluding carboxylic acids is 1. The predicted molar refractivity (Wildman–Crippen MR) is 102 cm³/mol. The minimum absolute atomic E-state index is 0.0637. The highest BCUT2D eigenvalue weighted by Gasteiger charge is 2.14. The van der Waals surface area contributed by atoms with Crippen molar-refractivity contribution in [2.75, 3.05) is 0 Å². The molecule has 5 nitrogen and oxygen atoms in total. The normalized spacial score (nSPS) is 10.7.